The van der Waals surface area contributed by atoms with Gasteiger partial charge in [0, 0.05) is 12.1 Å². The number of nitrogens with zero attached hydrogens (tertiary/aromatic N) is 1. The second kappa shape index (κ2) is 7.32. The molecule has 0 radical (unpaired) electrons. The number of carboxylic acids is 1. The van der Waals surface area contributed by atoms with E-state index < -0.39 is 12.1 Å². The number of aromatic nitrogens is 1. The fourth-order valence-corrected chi connectivity index (χ4v) is 3.67. The van der Waals surface area contributed by atoms with Crippen molar-refractivity contribution in [3.8, 4) is 11.1 Å². The fraction of sp³-hybridized carbons (Fsp3) is 0.0952. The van der Waals surface area contributed by atoms with Gasteiger partial charge in [0.25, 0.3) is 0 Å². The zero-order valence-electron chi connectivity index (χ0n) is 14.6. The Labute approximate surface area is 165 Å². The molecule has 7 heteroatoms. The van der Waals surface area contributed by atoms with Crippen LogP contribution in [0.1, 0.15) is 27.5 Å². The summed E-state index contributed by atoms with van der Waals surface area (Å²) in [7, 11) is 0. The van der Waals surface area contributed by atoms with E-state index in [1.54, 1.807) is 0 Å². The first-order chi connectivity index (χ1) is 13.6. The number of aromatic carboxylic acids is 1. The van der Waals surface area contributed by atoms with Gasteiger partial charge in [-0.3, -0.25) is 5.32 Å². The Kier molecular flexibility index (Phi) is 4.71. The monoisotopic (exact) mass is 394 g/mol. The van der Waals surface area contributed by atoms with Crippen LogP contribution in [0.4, 0.5) is 10.5 Å². The predicted molar refractivity (Wildman–Crippen MR) is 105 cm³/mol. The van der Waals surface area contributed by atoms with Crippen LogP contribution < -0.4 is 5.32 Å². The number of rotatable bonds is 4. The van der Waals surface area contributed by atoms with Crippen molar-refractivity contribution in [3.05, 3.63) is 82.6 Å². The second-order valence-corrected chi connectivity index (χ2v) is 6.65. The Bertz CT molecular complexity index is 1040. The maximum Gasteiger partial charge on any atom is 0.411 e. The number of fused-ring (bicyclic) bond motifs is 3. The number of halogens is 1. The molecule has 0 aliphatic heterocycles. The number of hydrogen-bond acceptors (Lipinski definition) is 4. The Balaban J connectivity index is 1.50. The number of carbonyl (C=O) groups is 2. The molecule has 1 amide bonds. The van der Waals surface area contributed by atoms with Crippen molar-refractivity contribution in [1.29, 1.82) is 0 Å². The summed E-state index contributed by atoms with van der Waals surface area (Å²) < 4.78 is 5.42. The number of hydrogen-bond donors (Lipinski definition) is 2. The van der Waals surface area contributed by atoms with E-state index >= 15 is 0 Å². The summed E-state index contributed by atoms with van der Waals surface area (Å²) in [6.07, 6.45) is 0.542. The summed E-state index contributed by atoms with van der Waals surface area (Å²) in [6.45, 7) is 0.147. The van der Waals surface area contributed by atoms with Gasteiger partial charge in [-0.1, -0.05) is 60.1 Å². The van der Waals surface area contributed by atoms with Gasteiger partial charge in [-0.15, -0.1) is 0 Å². The summed E-state index contributed by atoms with van der Waals surface area (Å²) in [5, 5.41) is 11.4. The van der Waals surface area contributed by atoms with Gasteiger partial charge in [0.1, 0.15) is 6.61 Å². The van der Waals surface area contributed by atoms with Gasteiger partial charge in [-0.25, -0.2) is 14.6 Å². The zero-order valence-corrected chi connectivity index (χ0v) is 15.3. The third kappa shape index (κ3) is 3.18. The van der Waals surface area contributed by atoms with E-state index in [1.165, 1.54) is 12.3 Å². The predicted octanol–water partition coefficient (Wildman–Crippen LogP) is 4.79. The molecule has 2 N–H and O–H groups in total. The third-order valence-corrected chi connectivity index (χ3v) is 5.05. The van der Waals surface area contributed by atoms with Crippen LogP contribution in [-0.2, 0) is 4.74 Å². The summed E-state index contributed by atoms with van der Waals surface area (Å²) in [4.78, 5) is 27.1. The van der Waals surface area contributed by atoms with Crippen LogP contribution in [0.5, 0.6) is 0 Å². The highest BCUT2D eigenvalue weighted by Gasteiger charge is 2.29. The van der Waals surface area contributed by atoms with E-state index in [1.807, 2.05) is 36.4 Å². The quantitative estimate of drug-likeness (QED) is 0.663. The van der Waals surface area contributed by atoms with Crippen LogP contribution in [0, 0.1) is 0 Å². The van der Waals surface area contributed by atoms with Crippen molar-refractivity contribution in [2.75, 3.05) is 11.9 Å². The molecule has 1 aliphatic carbocycles. The highest BCUT2D eigenvalue weighted by molar-refractivity contribution is 6.36. The molecule has 0 bridgehead atoms. The van der Waals surface area contributed by atoms with Crippen LogP contribution in [0.3, 0.4) is 0 Å². The standard InChI is InChI=1S/C21H15ClN2O4/c22-18-17(9-10-23-19(18)20(25)26)24-21(27)28-11-16-14-7-3-1-5-12(14)13-6-2-4-8-15(13)16/h1-10,16H,11H2,(H,25,26)(H,23,24,27). The molecule has 0 spiro atoms. The van der Waals surface area contributed by atoms with E-state index in [2.05, 4.69) is 22.4 Å². The molecule has 1 aromatic heterocycles. The molecule has 6 nitrogen and oxygen atoms in total. The van der Waals surface area contributed by atoms with Gasteiger partial charge in [-0.2, -0.15) is 0 Å². The third-order valence-electron chi connectivity index (χ3n) is 4.67. The normalized spacial score (nSPS) is 12.2. The van der Waals surface area contributed by atoms with Gasteiger partial charge in [0.15, 0.2) is 5.69 Å². The lowest BCUT2D eigenvalue weighted by Crippen LogP contribution is -2.18. The van der Waals surface area contributed by atoms with Gasteiger partial charge in [-0.05, 0) is 28.3 Å². The molecule has 28 heavy (non-hydrogen) atoms. The van der Waals surface area contributed by atoms with E-state index in [4.69, 9.17) is 21.4 Å². The van der Waals surface area contributed by atoms with Crippen molar-refractivity contribution >= 4 is 29.4 Å². The molecule has 3 aromatic rings. The summed E-state index contributed by atoms with van der Waals surface area (Å²) in [6, 6.07) is 17.5. The van der Waals surface area contributed by atoms with Gasteiger partial charge < -0.3 is 9.84 Å². The number of nitrogens with one attached hydrogen (secondary N) is 1. The summed E-state index contributed by atoms with van der Waals surface area (Å²) in [5.74, 6) is -1.35. The molecule has 4 rings (SSSR count). The molecular weight excluding hydrogens is 380 g/mol. The average Bonchev–Trinajstić information content (AvgIpc) is 3.02. The van der Waals surface area contributed by atoms with Crippen molar-refractivity contribution in [2.24, 2.45) is 0 Å². The summed E-state index contributed by atoms with van der Waals surface area (Å²) >= 11 is 6.00. The number of carboxylic acid groups (broad SMARTS) is 1. The topological polar surface area (TPSA) is 88.5 Å². The lowest BCUT2D eigenvalue weighted by Gasteiger charge is -2.15. The maximum atomic E-state index is 12.3. The number of amides is 1. The van der Waals surface area contributed by atoms with Gasteiger partial charge in [0.05, 0.1) is 10.7 Å². The molecule has 1 heterocycles. The molecular formula is C21H15ClN2O4. The Morgan fingerprint density at radius 3 is 2.25 bits per heavy atom. The lowest BCUT2D eigenvalue weighted by atomic mass is 9.98. The van der Waals surface area contributed by atoms with Gasteiger partial charge in [0.2, 0.25) is 0 Å². The first-order valence-electron chi connectivity index (χ1n) is 8.56. The minimum atomic E-state index is -1.28. The van der Waals surface area contributed by atoms with Crippen molar-refractivity contribution < 1.29 is 19.4 Å². The summed E-state index contributed by atoms with van der Waals surface area (Å²) in [5.41, 5.74) is 4.27. The molecule has 0 unspecified atom stereocenters. The minimum absolute atomic E-state index is 0.0688. The first kappa shape index (κ1) is 18.0. The smallest absolute Gasteiger partial charge is 0.411 e. The molecule has 0 saturated heterocycles. The lowest BCUT2D eigenvalue weighted by molar-refractivity contribution is 0.0690. The number of pyridine rings is 1. The molecule has 1 aliphatic rings. The Morgan fingerprint density at radius 1 is 1.04 bits per heavy atom. The van der Waals surface area contributed by atoms with E-state index in [9.17, 15) is 9.59 Å². The largest absolute Gasteiger partial charge is 0.476 e. The SMILES string of the molecule is O=C(Nc1ccnc(C(=O)O)c1Cl)OCC1c2ccccc2-c2ccccc21. The highest BCUT2D eigenvalue weighted by atomic mass is 35.5. The van der Waals surface area contributed by atoms with E-state index in [-0.39, 0.29) is 28.9 Å². The number of anilines is 1. The van der Waals surface area contributed by atoms with Crippen LogP contribution >= 0.6 is 11.6 Å². The Morgan fingerprint density at radius 2 is 1.64 bits per heavy atom. The second-order valence-electron chi connectivity index (χ2n) is 6.28. The van der Waals surface area contributed by atoms with Crippen LogP contribution in [0.2, 0.25) is 5.02 Å². The first-order valence-corrected chi connectivity index (χ1v) is 8.94. The number of benzene rings is 2. The highest BCUT2D eigenvalue weighted by Crippen LogP contribution is 2.44. The molecule has 140 valence electrons. The van der Waals surface area contributed by atoms with Crippen LogP contribution in [-0.4, -0.2) is 28.8 Å². The Hall–Kier alpha value is -3.38. The van der Waals surface area contributed by atoms with E-state index in [0.29, 0.717) is 0 Å². The maximum absolute atomic E-state index is 12.3. The zero-order chi connectivity index (χ0) is 19.7. The van der Waals surface area contributed by atoms with Crippen molar-refractivity contribution in [2.45, 2.75) is 5.92 Å². The molecule has 2 aromatic carbocycles. The molecule has 0 fully saturated rings. The number of carbonyl (C=O) groups excluding carboxylic acids is 1. The fourth-order valence-electron chi connectivity index (χ4n) is 3.43. The number of ether oxygens (including phenoxy) is 1. The van der Waals surface area contributed by atoms with Crippen molar-refractivity contribution in [1.82, 2.24) is 4.98 Å². The van der Waals surface area contributed by atoms with E-state index in [0.717, 1.165) is 22.3 Å². The van der Waals surface area contributed by atoms with Crippen LogP contribution in [0.25, 0.3) is 11.1 Å². The van der Waals surface area contributed by atoms with Crippen molar-refractivity contribution in [3.63, 3.8) is 0 Å². The van der Waals surface area contributed by atoms with Gasteiger partial charge >= 0.3 is 12.1 Å². The average molecular weight is 395 g/mol. The van der Waals surface area contributed by atoms with Crippen LogP contribution in [0.15, 0.2) is 60.8 Å². The molecule has 0 saturated carbocycles. The minimum Gasteiger partial charge on any atom is -0.476 e. The molecule has 0 atom stereocenters.